The van der Waals surface area contributed by atoms with E-state index in [1.807, 2.05) is 0 Å². The molecule has 1 heteroatoms. The average Bonchev–Trinajstić information content (AvgIpc) is 3.54. The van der Waals surface area contributed by atoms with Crippen LogP contribution in [0, 0.1) is 20.8 Å². The van der Waals surface area contributed by atoms with E-state index in [9.17, 15) is 0 Å². The molecule has 0 nitrogen and oxygen atoms in total. The number of benzene rings is 4. The van der Waals surface area contributed by atoms with Crippen molar-refractivity contribution in [2.24, 2.45) is 0 Å². The minimum atomic E-state index is -1.12. The first-order valence-electron chi connectivity index (χ1n) is 12.5. The molecule has 2 aliphatic rings. The number of allylic oxidation sites excluding steroid dienone is 4. The quantitative estimate of drug-likeness (QED) is 0.250. The summed E-state index contributed by atoms with van der Waals surface area (Å²) in [5, 5.41) is 0. The number of fused-ring (bicyclic) bond motifs is 3. The molecule has 4 aromatic rings. The van der Waals surface area contributed by atoms with Crippen LogP contribution in [0.3, 0.4) is 0 Å². The summed E-state index contributed by atoms with van der Waals surface area (Å²) in [6.45, 7) is 6.92. The summed E-state index contributed by atoms with van der Waals surface area (Å²) in [4.78, 5) is 0. The van der Waals surface area contributed by atoms with Crippen LogP contribution in [0.25, 0.3) is 16.7 Å². The molecule has 0 saturated heterocycles. The molecule has 6 rings (SSSR count). The standard InChI is InChI=1S/C21H19.C13H10.Zr/c1-13-7-6-10-17-12-19-18(16-8-4-5-9-16)11-14(2)15(3)21(19)20(13)17;1-3-7-12(8-4-1)11-13-9-5-2-6-10-13;/h4-8,10-12H,9H2,1-3H3;1-10H;. The second kappa shape index (κ2) is 9.29. The maximum atomic E-state index is 2.48. The van der Waals surface area contributed by atoms with E-state index in [2.05, 4.69) is 124 Å². The number of hydrogen-bond acceptors (Lipinski definition) is 0. The molecule has 0 spiro atoms. The minimum absolute atomic E-state index is 0.495. The van der Waals surface area contributed by atoms with Crippen LogP contribution in [0.15, 0.2) is 103 Å². The number of hydrogen-bond donors (Lipinski definition) is 0. The van der Waals surface area contributed by atoms with Crippen LogP contribution >= 0.6 is 0 Å². The zero-order valence-corrected chi connectivity index (χ0v) is 23.1. The van der Waals surface area contributed by atoms with Crippen LogP contribution in [0.2, 0.25) is 0 Å². The van der Waals surface area contributed by atoms with Crippen molar-refractivity contribution >= 4 is 8.78 Å². The fourth-order valence-electron chi connectivity index (χ4n) is 5.74. The summed E-state index contributed by atoms with van der Waals surface area (Å²) >= 11 is -1.12. The average molecular weight is 529 g/mol. The normalized spacial score (nSPS) is 15.4. The van der Waals surface area contributed by atoms with Gasteiger partial charge in [-0.3, -0.25) is 0 Å². The molecule has 2 aliphatic carbocycles. The summed E-state index contributed by atoms with van der Waals surface area (Å²) in [6.07, 6.45) is 7.90. The van der Waals surface area contributed by atoms with E-state index in [1.165, 1.54) is 50.1 Å². The topological polar surface area (TPSA) is 0 Å². The van der Waals surface area contributed by atoms with Crippen LogP contribution in [0.4, 0.5) is 0 Å². The molecule has 0 aromatic heterocycles. The molecule has 0 aliphatic heterocycles. The van der Waals surface area contributed by atoms with Gasteiger partial charge in [-0.25, -0.2) is 0 Å². The van der Waals surface area contributed by atoms with E-state index in [4.69, 9.17) is 0 Å². The number of aryl methyl sites for hydroxylation is 2. The molecule has 1 atom stereocenters. The zero-order chi connectivity index (χ0) is 23.9. The Morgan fingerprint density at radius 2 is 1.43 bits per heavy atom. The molecule has 0 radical (unpaired) electrons. The molecule has 4 aromatic carbocycles. The second-order valence-corrected chi connectivity index (χ2v) is 13.1. The summed E-state index contributed by atoms with van der Waals surface area (Å²) in [6, 6.07) is 31.7. The first kappa shape index (κ1) is 22.6. The Morgan fingerprint density at radius 1 is 0.743 bits per heavy atom. The van der Waals surface area contributed by atoms with E-state index in [0.717, 1.165) is 6.42 Å². The third kappa shape index (κ3) is 3.91. The fourth-order valence-corrected chi connectivity index (χ4v) is 10.1. The second-order valence-electron chi connectivity index (χ2n) is 9.70. The molecule has 0 fully saturated rings. The van der Waals surface area contributed by atoms with Crippen molar-refractivity contribution in [3.63, 3.8) is 0 Å². The molecule has 0 heterocycles. The molecule has 0 amide bonds. The van der Waals surface area contributed by atoms with Gasteiger partial charge in [-0.1, -0.05) is 0 Å². The van der Waals surface area contributed by atoms with Crippen LogP contribution < -0.4 is 0 Å². The van der Waals surface area contributed by atoms with Gasteiger partial charge in [0.1, 0.15) is 0 Å². The van der Waals surface area contributed by atoms with Gasteiger partial charge in [0, 0.05) is 0 Å². The van der Waals surface area contributed by atoms with Crippen molar-refractivity contribution in [2.45, 2.75) is 30.8 Å². The molecule has 1 unspecified atom stereocenters. The molecular weight excluding hydrogens is 500 g/mol. The van der Waals surface area contributed by atoms with Gasteiger partial charge in [0.15, 0.2) is 0 Å². The van der Waals surface area contributed by atoms with Gasteiger partial charge in [0.25, 0.3) is 0 Å². The summed E-state index contributed by atoms with van der Waals surface area (Å²) in [7, 11) is 0. The van der Waals surface area contributed by atoms with E-state index >= 15 is 0 Å². The Balaban J connectivity index is 1.68. The molecule has 169 valence electrons. The predicted molar refractivity (Wildman–Crippen MR) is 146 cm³/mol. The monoisotopic (exact) mass is 527 g/mol. The van der Waals surface area contributed by atoms with Crippen molar-refractivity contribution in [2.75, 3.05) is 0 Å². The van der Waals surface area contributed by atoms with Gasteiger partial charge < -0.3 is 0 Å². The van der Waals surface area contributed by atoms with E-state index in [-0.39, 0.29) is 0 Å². The first-order chi connectivity index (χ1) is 17.1. The van der Waals surface area contributed by atoms with Crippen LogP contribution in [0.5, 0.6) is 0 Å². The fraction of sp³-hybridized carbons (Fsp3) is 0.147. The van der Waals surface area contributed by atoms with Crippen LogP contribution in [-0.2, 0) is 22.8 Å². The molecule has 0 saturated carbocycles. The number of rotatable bonds is 4. The first-order valence-corrected chi connectivity index (χ1v) is 15.1. The zero-order valence-electron chi connectivity index (χ0n) is 20.6. The Kier molecular flexibility index (Phi) is 5.99. The van der Waals surface area contributed by atoms with E-state index in [1.54, 1.807) is 14.3 Å². The SMILES string of the molecule is Cc1cc(C2=CC=CC2)c2c(c1C)-c1c(C)cccc1[CH]2[Zr]=[C](c1ccccc1)c1ccccc1. The van der Waals surface area contributed by atoms with Gasteiger partial charge in [-0.2, -0.15) is 0 Å². The van der Waals surface area contributed by atoms with Crippen molar-refractivity contribution in [1.29, 1.82) is 0 Å². The summed E-state index contributed by atoms with van der Waals surface area (Å²) in [5.74, 6) is 0. The maximum absolute atomic E-state index is 2.48. The van der Waals surface area contributed by atoms with Crippen LogP contribution in [-0.4, -0.2) is 3.21 Å². The Bertz CT molecular complexity index is 1480. The van der Waals surface area contributed by atoms with Gasteiger partial charge in [0.05, 0.1) is 0 Å². The van der Waals surface area contributed by atoms with Crippen molar-refractivity contribution in [1.82, 2.24) is 0 Å². The van der Waals surface area contributed by atoms with Crippen molar-refractivity contribution in [3.05, 3.63) is 148 Å². The Labute approximate surface area is 220 Å². The van der Waals surface area contributed by atoms with Crippen LogP contribution in [0.1, 0.15) is 54.6 Å². The molecule has 0 bridgehead atoms. The Hall–Kier alpha value is -2.89. The van der Waals surface area contributed by atoms with Crippen molar-refractivity contribution < 1.29 is 22.8 Å². The van der Waals surface area contributed by atoms with Gasteiger partial charge >= 0.3 is 221 Å². The summed E-state index contributed by atoms with van der Waals surface area (Å²) < 4.78 is 2.08. The van der Waals surface area contributed by atoms with E-state index in [0.29, 0.717) is 3.63 Å². The third-order valence-electron chi connectivity index (χ3n) is 7.57. The Morgan fingerprint density at radius 3 is 2.06 bits per heavy atom. The van der Waals surface area contributed by atoms with Gasteiger partial charge in [-0.15, -0.1) is 0 Å². The van der Waals surface area contributed by atoms with Gasteiger partial charge in [0.2, 0.25) is 0 Å². The third-order valence-corrected chi connectivity index (χ3v) is 11.9. The molecule has 0 N–H and O–H groups in total. The van der Waals surface area contributed by atoms with Gasteiger partial charge in [-0.05, 0) is 0 Å². The van der Waals surface area contributed by atoms with Crippen molar-refractivity contribution in [3.8, 4) is 11.1 Å². The summed E-state index contributed by atoms with van der Waals surface area (Å²) in [5.41, 5.74) is 16.2. The molecular formula is C34H29Zr. The molecule has 35 heavy (non-hydrogen) atoms. The predicted octanol–water partition coefficient (Wildman–Crippen LogP) is 8.38. The van der Waals surface area contributed by atoms with E-state index < -0.39 is 22.8 Å².